The van der Waals surface area contributed by atoms with Crippen molar-refractivity contribution in [3.63, 3.8) is 0 Å². The van der Waals surface area contributed by atoms with Gasteiger partial charge >= 0.3 is 12.1 Å². The molecule has 2 aromatic carbocycles. The number of hydrogen-bond acceptors (Lipinski definition) is 9. The van der Waals surface area contributed by atoms with Crippen molar-refractivity contribution >= 4 is 33.6 Å². The first kappa shape index (κ1) is 31.9. The van der Waals surface area contributed by atoms with Crippen LogP contribution in [0.25, 0.3) is 32.9 Å². The van der Waals surface area contributed by atoms with Crippen LogP contribution in [0.4, 0.5) is 19.4 Å². The highest BCUT2D eigenvalue weighted by Gasteiger charge is 2.54. The molecule has 5 unspecified atom stereocenters. The largest absolute Gasteiger partial charge is 0.472 e. The minimum Gasteiger partial charge on any atom is -0.472 e. The number of halogens is 2. The topological polar surface area (TPSA) is 113 Å². The Morgan fingerprint density at radius 3 is 2.80 bits per heavy atom. The van der Waals surface area contributed by atoms with Gasteiger partial charge in [0.05, 0.1) is 35.3 Å². The number of ether oxygens (including phenoxy) is 3. The standard InChI is InChI=1S/C38H36F2N6O5/c1-5-24-26(39)11-9-21-7-6-8-25(28(21)24)31-30(40)32-29-34(43-36(42-32)50-18-38-13-19(2)15-44(38)17-23(14-38)49-4)45-16-22-10-12-27(46(22)37(47)48)33(45)20(3)51-35(29)41-31/h1,6-9,11,20,22-23,27,33H,2,10,12-18H2,3-4H3,(H,47,48)/t20?,22?,23-,27?,33?,38?/m0/s1. The average Bonchev–Trinajstić information content (AvgIpc) is 3.70. The Morgan fingerprint density at radius 2 is 2.02 bits per heavy atom. The third-order valence-corrected chi connectivity index (χ3v) is 11.6. The maximum absolute atomic E-state index is 17.3. The van der Waals surface area contributed by atoms with Gasteiger partial charge in [-0.05, 0) is 44.1 Å². The van der Waals surface area contributed by atoms with Crippen LogP contribution in [-0.2, 0) is 4.74 Å². The second kappa shape index (κ2) is 11.5. The predicted octanol–water partition coefficient (Wildman–Crippen LogP) is 5.38. The fourth-order valence-corrected chi connectivity index (χ4v) is 9.47. The second-order valence-corrected chi connectivity index (χ2v) is 14.4. The van der Waals surface area contributed by atoms with Crippen molar-refractivity contribution in [2.24, 2.45) is 0 Å². The molecule has 0 aliphatic carbocycles. The number of pyridine rings is 1. The van der Waals surface area contributed by atoms with Gasteiger partial charge in [0, 0.05) is 37.7 Å². The summed E-state index contributed by atoms with van der Waals surface area (Å²) in [7, 11) is 1.70. The molecular formula is C38H36F2N6O5. The Labute approximate surface area is 292 Å². The number of benzene rings is 2. The number of anilines is 1. The van der Waals surface area contributed by atoms with Crippen LogP contribution >= 0.6 is 0 Å². The fourth-order valence-electron chi connectivity index (χ4n) is 9.47. The molecule has 5 aliphatic rings. The van der Waals surface area contributed by atoms with E-state index < -0.39 is 29.9 Å². The number of terminal acetylenes is 1. The molecular weight excluding hydrogens is 658 g/mol. The highest BCUT2D eigenvalue weighted by molar-refractivity contribution is 6.03. The number of carboxylic acid groups (broad SMARTS) is 1. The van der Waals surface area contributed by atoms with Gasteiger partial charge in [0.1, 0.15) is 40.9 Å². The molecule has 4 aromatic rings. The van der Waals surface area contributed by atoms with E-state index in [1.54, 1.807) is 31.4 Å². The van der Waals surface area contributed by atoms with Crippen LogP contribution in [0.2, 0.25) is 0 Å². The summed E-state index contributed by atoms with van der Waals surface area (Å²) in [6.45, 7) is 8.13. The molecule has 2 bridgehead atoms. The zero-order valence-corrected chi connectivity index (χ0v) is 28.2. The minimum atomic E-state index is -0.986. The number of hydrogen-bond donors (Lipinski definition) is 1. The number of methoxy groups -OCH3 is 1. The van der Waals surface area contributed by atoms with Crippen LogP contribution in [0.1, 0.15) is 38.2 Å². The molecule has 2 aromatic heterocycles. The Morgan fingerprint density at radius 1 is 1.18 bits per heavy atom. The first-order valence-corrected chi connectivity index (χ1v) is 17.2. The first-order valence-electron chi connectivity index (χ1n) is 17.2. The lowest BCUT2D eigenvalue weighted by molar-refractivity contribution is 0.0706. The molecule has 5 aliphatic heterocycles. The summed E-state index contributed by atoms with van der Waals surface area (Å²) in [6.07, 6.45) is 7.05. The van der Waals surface area contributed by atoms with Crippen LogP contribution in [0, 0.1) is 24.0 Å². The Kier molecular flexibility index (Phi) is 7.18. The number of carbonyl (C=O) groups is 1. The second-order valence-electron chi connectivity index (χ2n) is 14.4. The summed E-state index contributed by atoms with van der Waals surface area (Å²) in [5, 5.41) is 11.4. The van der Waals surface area contributed by atoms with Crippen LogP contribution < -0.4 is 14.4 Å². The van der Waals surface area contributed by atoms with E-state index in [9.17, 15) is 9.90 Å². The van der Waals surface area contributed by atoms with Crippen LogP contribution in [-0.4, -0.2) is 105 Å². The van der Waals surface area contributed by atoms with E-state index in [0.717, 1.165) is 31.5 Å². The Hall–Kier alpha value is -5.06. The van der Waals surface area contributed by atoms with Gasteiger partial charge in [-0.25, -0.2) is 18.6 Å². The molecule has 51 heavy (non-hydrogen) atoms. The molecule has 4 fully saturated rings. The molecule has 6 atom stereocenters. The van der Waals surface area contributed by atoms with E-state index in [1.165, 1.54) is 11.0 Å². The highest BCUT2D eigenvalue weighted by atomic mass is 19.1. The van der Waals surface area contributed by atoms with Crippen molar-refractivity contribution in [3.05, 3.63) is 59.7 Å². The molecule has 0 spiro atoms. The summed E-state index contributed by atoms with van der Waals surface area (Å²) in [6, 6.07) is 6.89. The van der Waals surface area contributed by atoms with Crippen molar-refractivity contribution in [3.8, 4) is 35.5 Å². The van der Waals surface area contributed by atoms with E-state index in [-0.39, 0.29) is 69.9 Å². The van der Waals surface area contributed by atoms with Crippen LogP contribution in [0.5, 0.6) is 11.9 Å². The number of fused-ring (bicyclic) bond motifs is 7. The third kappa shape index (κ3) is 4.69. The van der Waals surface area contributed by atoms with E-state index >= 15 is 8.78 Å². The van der Waals surface area contributed by atoms with Gasteiger partial charge in [-0.15, -0.1) is 6.42 Å². The lowest BCUT2D eigenvalue weighted by atomic mass is 9.93. The maximum atomic E-state index is 17.3. The SMILES string of the molecule is C#Cc1c(F)ccc2cccc(-c3nc4c5c(nc(OCC67CC(=C)CN6C[C@@H](OC)C7)nc5c3F)N3CC5CCC(C3C(C)O4)N5C(=O)O)c12. The summed E-state index contributed by atoms with van der Waals surface area (Å²) < 4.78 is 51.0. The van der Waals surface area contributed by atoms with E-state index in [1.807, 2.05) is 11.8 Å². The van der Waals surface area contributed by atoms with Gasteiger partial charge in [-0.2, -0.15) is 9.97 Å². The smallest absolute Gasteiger partial charge is 0.407 e. The van der Waals surface area contributed by atoms with Crippen molar-refractivity contribution in [1.29, 1.82) is 0 Å². The van der Waals surface area contributed by atoms with Crippen molar-refractivity contribution in [2.75, 3.05) is 38.3 Å². The average molecular weight is 695 g/mol. The fraction of sp³-hybridized carbons (Fsp3) is 0.421. The summed E-state index contributed by atoms with van der Waals surface area (Å²) in [5.41, 5.74) is 0.816. The number of rotatable bonds is 5. The zero-order valence-electron chi connectivity index (χ0n) is 28.2. The zero-order chi connectivity index (χ0) is 35.3. The number of aromatic nitrogens is 3. The molecule has 1 N–H and O–H groups in total. The van der Waals surface area contributed by atoms with E-state index in [2.05, 4.69) is 22.4 Å². The summed E-state index contributed by atoms with van der Waals surface area (Å²) in [5.74, 6) is 1.52. The first-order chi connectivity index (χ1) is 24.6. The predicted molar refractivity (Wildman–Crippen MR) is 185 cm³/mol. The number of nitrogens with zero attached hydrogens (tertiary/aromatic N) is 6. The van der Waals surface area contributed by atoms with E-state index in [0.29, 0.717) is 36.0 Å². The molecule has 13 heteroatoms. The van der Waals surface area contributed by atoms with Gasteiger partial charge in [0.15, 0.2) is 5.82 Å². The molecule has 11 nitrogen and oxygen atoms in total. The van der Waals surface area contributed by atoms with E-state index in [4.69, 9.17) is 30.6 Å². The molecule has 7 heterocycles. The minimum absolute atomic E-state index is 0.00763. The van der Waals surface area contributed by atoms with Crippen molar-refractivity contribution < 1.29 is 32.9 Å². The van der Waals surface area contributed by atoms with Gasteiger partial charge < -0.3 is 24.2 Å². The Balaban J connectivity index is 1.24. The molecule has 1 amide bonds. The molecule has 0 saturated carbocycles. The monoisotopic (exact) mass is 694 g/mol. The number of piperazine rings is 1. The third-order valence-electron chi connectivity index (χ3n) is 11.6. The summed E-state index contributed by atoms with van der Waals surface area (Å²) >= 11 is 0. The normalized spacial score (nSPS) is 28.1. The molecule has 0 radical (unpaired) electrons. The maximum Gasteiger partial charge on any atom is 0.407 e. The molecule has 262 valence electrons. The van der Waals surface area contributed by atoms with Crippen molar-refractivity contribution in [1.82, 2.24) is 24.8 Å². The van der Waals surface area contributed by atoms with Crippen LogP contribution in [0.15, 0.2) is 42.5 Å². The molecule has 9 rings (SSSR count). The van der Waals surface area contributed by atoms with Gasteiger partial charge in [0.2, 0.25) is 5.88 Å². The van der Waals surface area contributed by atoms with Gasteiger partial charge in [-0.3, -0.25) is 9.80 Å². The quantitative estimate of drug-likeness (QED) is 0.216. The van der Waals surface area contributed by atoms with Crippen molar-refractivity contribution in [2.45, 2.75) is 68.5 Å². The lowest BCUT2D eigenvalue weighted by Crippen LogP contribution is -2.64. The summed E-state index contributed by atoms with van der Waals surface area (Å²) in [4.78, 5) is 32.7. The van der Waals surface area contributed by atoms with Gasteiger partial charge in [0.25, 0.3) is 0 Å². The van der Waals surface area contributed by atoms with Gasteiger partial charge in [-0.1, -0.05) is 42.3 Å². The number of amides is 1. The lowest BCUT2D eigenvalue weighted by Gasteiger charge is -2.47. The Bertz CT molecular complexity index is 2210. The molecule has 4 saturated heterocycles. The highest BCUT2D eigenvalue weighted by Crippen LogP contribution is 2.48. The van der Waals surface area contributed by atoms with Crippen LogP contribution in [0.3, 0.4) is 0 Å².